The molecule has 0 aliphatic heterocycles. The Morgan fingerprint density at radius 3 is 1.87 bits per heavy atom. The third kappa shape index (κ3) is 5.81. The van der Waals surface area contributed by atoms with E-state index in [1.54, 1.807) is 12.3 Å². The number of thiol groups is 1. The van der Waals surface area contributed by atoms with Crippen LogP contribution in [0.15, 0.2) is 36.4 Å². The molecule has 0 amide bonds. The second-order valence-electron chi connectivity index (χ2n) is 8.73. The Morgan fingerprint density at radius 1 is 0.933 bits per heavy atom. The molecular formula is C26H38O3S. The van der Waals surface area contributed by atoms with Gasteiger partial charge in [-0.1, -0.05) is 58.9 Å². The first kappa shape index (κ1) is 26.1. The van der Waals surface area contributed by atoms with Gasteiger partial charge in [0.05, 0.1) is 0 Å². The number of rotatable bonds is 7. The molecule has 0 heterocycles. The topological polar surface area (TPSA) is 46.5 Å². The molecule has 0 unspecified atom stereocenters. The largest absolute Gasteiger partial charge is 0.508 e. The summed E-state index contributed by atoms with van der Waals surface area (Å²) in [5.74, 6) is 1.17. The Kier molecular flexibility index (Phi) is 9.48. The van der Waals surface area contributed by atoms with Crippen LogP contribution in [0.3, 0.4) is 0 Å². The van der Waals surface area contributed by atoms with Gasteiger partial charge in [-0.3, -0.25) is 4.79 Å². The average molecular weight is 431 g/mol. The van der Waals surface area contributed by atoms with Crippen molar-refractivity contribution in [1.82, 2.24) is 0 Å². The molecule has 4 heteroatoms. The fourth-order valence-corrected chi connectivity index (χ4v) is 3.66. The lowest BCUT2D eigenvalue weighted by atomic mass is 9.70. The summed E-state index contributed by atoms with van der Waals surface area (Å²) in [5.41, 5.74) is 3.84. The van der Waals surface area contributed by atoms with Crippen LogP contribution in [0.5, 0.6) is 11.5 Å². The average Bonchev–Trinajstić information content (AvgIpc) is 2.71. The van der Waals surface area contributed by atoms with Crippen molar-refractivity contribution in [2.24, 2.45) is 5.41 Å². The summed E-state index contributed by atoms with van der Waals surface area (Å²) in [6, 6.07) is 12.2. The Balaban J connectivity index is 0.00000218. The van der Waals surface area contributed by atoms with Gasteiger partial charge in [-0.15, -0.1) is 0 Å². The monoisotopic (exact) mass is 430 g/mol. The Hall–Kier alpha value is -1.94. The number of benzene rings is 2. The van der Waals surface area contributed by atoms with E-state index in [1.165, 1.54) is 11.1 Å². The van der Waals surface area contributed by atoms with Crippen molar-refractivity contribution in [1.29, 1.82) is 0 Å². The number of phenolic OH excluding ortho intramolecular Hbond substituents is 1. The number of carbonyl (C=O) groups is 1. The summed E-state index contributed by atoms with van der Waals surface area (Å²) in [6.45, 7) is 14.2. The zero-order valence-corrected chi connectivity index (χ0v) is 20.7. The third-order valence-electron chi connectivity index (χ3n) is 5.88. The van der Waals surface area contributed by atoms with E-state index in [0.717, 1.165) is 29.7 Å². The summed E-state index contributed by atoms with van der Waals surface area (Å²) in [6.07, 6.45) is 3.60. The predicted molar refractivity (Wildman–Crippen MR) is 130 cm³/mol. The number of Topliss-reactive ketones (excluding diaryl/α,β-unsaturated/α-hetero) is 1. The van der Waals surface area contributed by atoms with Crippen LogP contribution in [-0.2, 0) is 10.2 Å². The molecule has 0 atom stereocenters. The van der Waals surface area contributed by atoms with Gasteiger partial charge in [-0.2, -0.15) is 12.6 Å². The number of ether oxygens (including phenoxy) is 1. The van der Waals surface area contributed by atoms with E-state index in [4.69, 9.17) is 4.74 Å². The molecule has 3 nitrogen and oxygen atoms in total. The molecular weight excluding hydrogens is 392 g/mol. The molecule has 0 aliphatic carbocycles. The van der Waals surface area contributed by atoms with Crippen LogP contribution in [0.4, 0.5) is 0 Å². The van der Waals surface area contributed by atoms with E-state index >= 15 is 0 Å². The standard InChI is InChI=1S/C25H34O3.CH4S/c1-8-25(9-2,19-10-12-21(26)17(3)14-19)20-11-13-22(18(4)15-20)28-16-23(27)24(5,6)7;1-2/h10-15,26H,8-9,16H2,1-7H3;2H,1H3. The molecule has 0 bridgehead atoms. The second-order valence-corrected chi connectivity index (χ2v) is 8.73. The van der Waals surface area contributed by atoms with Crippen LogP contribution in [0.2, 0.25) is 0 Å². The van der Waals surface area contributed by atoms with Crippen LogP contribution < -0.4 is 4.74 Å². The first-order valence-corrected chi connectivity index (χ1v) is 11.5. The summed E-state index contributed by atoms with van der Waals surface area (Å²) in [4.78, 5) is 12.2. The molecule has 0 saturated heterocycles. The van der Waals surface area contributed by atoms with Crippen molar-refractivity contribution in [3.05, 3.63) is 58.7 Å². The van der Waals surface area contributed by atoms with E-state index in [1.807, 2.05) is 46.8 Å². The van der Waals surface area contributed by atoms with Gasteiger partial charge in [0.1, 0.15) is 18.1 Å². The first-order chi connectivity index (χ1) is 14.0. The second kappa shape index (κ2) is 10.9. The highest BCUT2D eigenvalue weighted by Gasteiger charge is 2.31. The maximum atomic E-state index is 12.2. The van der Waals surface area contributed by atoms with Crippen molar-refractivity contribution in [3.63, 3.8) is 0 Å². The van der Waals surface area contributed by atoms with E-state index in [0.29, 0.717) is 5.75 Å². The summed E-state index contributed by atoms with van der Waals surface area (Å²) >= 11 is 3.53. The number of ketones is 1. The highest BCUT2D eigenvalue weighted by atomic mass is 32.1. The van der Waals surface area contributed by atoms with Crippen LogP contribution in [0, 0.1) is 19.3 Å². The fraction of sp³-hybridized carbons (Fsp3) is 0.500. The molecule has 2 aromatic rings. The number of hydrogen-bond donors (Lipinski definition) is 2. The van der Waals surface area contributed by atoms with E-state index < -0.39 is 5.41 Å². The van der Waals surface area contributed by atoms with Crippen molar-refractivity contribution < 1.29 is 14.6 Å². The molecule has 2 rings (SSSR count). The van der Waals surface area contributed by atoms with Crippen molar-refractivity contribution in [3.8, 4) is 11.5 Å². The lowest BCUT2D eigenvalue weighted by Crippen LogP contribution is -2.27. The normalized spacial score (nSPS) is 11.5. The number of aromatic hydroxyl groups is 1. The van der Waals surface area contributed by atoms with Gasteiger partial charge in [0, 0.05) is 10.8 Å². The minimum absolute atomic E-state index is 0.0898. The Morgan fingerprint density at radius 2 is 1.43 bits per heavy atom. The predicted octanol–water partition coefficient (Wildman–Crippen LogP) is 6.66. The minimum atomic E-state index is -0.399. The molecule has 30 heavy (non-hydrogen) atoms. The molecule has 0 radical (unpaired) electrons. The molecule has 2 aromatic carbocycles. The number of aryl methyl sites for hydroxylation is 2. The van der Waals surface area contributed by atoms with Gasteiger partial charge >= 0.3 is 0 Å². The summed E-state index contributed by atoms with van der Waals surface area (Å²) in [5, 5.41) is 9.92. The summed E-state index contributed by atoms with van der Waals surface area (Å²) < 4.78 is 5.82. The molecule has 0 aromatic heterocycles. The lowest BCUT2D eigenvalue weighted by molar-refractivity contribution is -0.128. The van der Waals surface area contributed by atoms with E-state index in [2.05, 4.69) is 44.7 Å². The van der Waals surface area contributed by atoms with Crippen molar-refractivity contribution >= 4 is 18.4 Å². The maximum Gasteiger partial charge on any atom is 0.175 e. The molecule has 0 fully saturated rings. The van der Waals surface area contributed by atoms with E-state index in [9.17, 15) is 9.90 Å². The maximum absolute atomic E-state index is 12.2. The van der Waals surface area contributed by atoms with Crippen LogP contribution in [-0.4, -0.2) is 23.8 Å². The minimum Gasteiger partial charge on any atom is -0.508 e. The molecule has 0 spiro atoms. The van der Waals surface area contributed by atoms with Gasteiger partial charge in [0.2, 0.25) is 0 Å². The molecule has 0 aliphatic rings. The van der Waals surface area contributed by atoms with Gasteiger partial charge < -0.3 is 9.84 Å². The van der Waals surface area contributed by atoms with Crippen molar-refractivity contribution in [2.45, 2.75) is 66.7 Å². The highest BCUT2D eigenvalue weighted by Crippen LogP contribution is 2.41. The number of hydrogen-bond acceptors (Lipinski definition) is 4. The van der Waals surface area contributed by atoms with Crippen molar-refractivity contribution in [2.75, 3.05) is 12.9 Å². The Bertz CT molecular complexity index is 846. The highest BCUT2D eigenvalue weighted by molar-refractivity contribution is 7.79. The summed E-state index contributed by atoms with van der Waals surface area (Å²) in [7, 11) is 0. The Labute approximate surface area is 188 Å². The fourth-order valence-electron chi connectivity index (χ4n) is 3.66. The van der Waals surface area contributed by atoms with Gasteiger partial charge in [-0.05, 0) is 67.3 Å². The van der Waals surface area contributed by atoms with Gasteiger partial charge in [0.15, 0.2) is 5.78 Å². The van der Waals surface area contributed by atoms with Crippen LogP contribution in [0.25, 0.3) is 0 Å². The smallest absolute Gasteiger partial charge is 0.175 e. The number of phenols is 1. The third-order valence-corrected chi connectivity index (χ3v) is 5.88. The van der Waals surface area contributed by atoms with Gasteiger partial charge in [0.25, 0.3) is 0 Å². The van der Waals surface area contributed by atoms with Gasteiger partial charge in [-0.25, -0.2) is 0 Å². The molecule has 1 N–H and O–H groups in total. The zero-order valence-electron chi connectivity index (χ0n) is 19.8. The first-order valence-electron chi connectivity index (χ1n) is 10.6. The van der Waals surface area contributed by atoms with Crippen LogP contribution >= 0.6 is 12.6 Å². The van der Waals surface area contributed by atoms with E-state index in [-0.39, 0.29) is 17.8 Å². The number of carbonyl (C=O) groups excluding carboxylic acids is 1. The molecule has 166 valence electrons. The SMILES string of the molecule is CCC(CC)(c1ccc(O)c(C)c1)c1ccc(OCC(=O)C(C)(C)C)c(C)c1.CS. The van der Waals surface area contributed by atoms with Crippen LogP contribution in [0.1, 0.15) is 69.7 Å². The lowest BCUT2D eigenvalue weighted by Gasteiger charge is -2.34. The molecule has 0 saturated carbocycles. The quantitative estimate of drug-likeness (QED) is 0.483. The zero-order chi connectivity index (χ0) is 23.1.